The summed E-state index contributed by atoms with van der Waals surface area (Å²) in [6.07, 6.45) is 4.79. The summed E-state index contributed by atoms with van der Waals surface area (Å²) in [5.41, 5.74) is 2.48. The van der Waals surface area contributed by atoms with Crippen LogP contribution in [-0.4, -0.2) is 15.3 Å². The Labute approximate surface area is 166 Å². The molecule has 0 atom stereocenters. The molecule has 2 heterocycles. The Balaban J connectivity index is 1.77. The number of pyridine rings is 1. The monoisotopic (exact) mass is 389 g/mol. The Bertz CT molecular complexity index is 1230. The van der Waals surface area contributed by atoms with Gasteiger partial charge in [-0.2, -0.15) is 0 Å². The van der Waals surface area contributed by atoms with Crippen molar-refractivity contribution in [3.8, 4) is 11.3 Å². The van der Waals surface area contributed by atoms with Crippen LogP contribution >= 0.6 is 0 Å². The molecule has 4 nitrogen and oxygen atoms in total. The maximum atomic E-state index is 14.4. The van der Waals surface area contributed by atoms with E-state index in [1.165, 1.54) is 18.2 Å². The zero-order valence-corrected chi connectivity index (χ0v) is 15.6. The second-order valence-corrected chi connectivity index (χ2v) is 6.58. The topological polar surface area (TPSA) is 46.4 Å². The molecular formula is C23H17F2N3O. The number of fused-ring (bicyclic) bond motifs is 1. The number of carbonyl (C=O) groups is 1. The average molecular weight is 389 g/mol. The number of nitrogens with zero attached hydrogens (tertiary/aromatic N) is 2. The standard InChI is InChI=1S/C23H17F2N3O/c1-15-12-13-28-19(14-15)26-22(17-8-5-9-18(24)21(17)25)23(28)27-20(29)11-10-16-6-3-2-4-7-16/h2-14H,1H3,(H,27,29)/b11-10+. The first-order valence-corrected chi connectivity index (χ1v) is 9.00. The van der Waals surface area contributed by atoms with E-state index in [1.54, 1.807) is 22.7 Å². The van der Waals surface area contributed by atoms with Crippen LogP contribution in [0, 0.1) is 18.6 Å². The van der Waals surface area contributed by atoms with Gasteiger partial charge in [-0.25, -0.2) is 13.8 Å². The van der Waals surface area contributed by atoms with Gasteiger partial charge in [0.2, 0.25) is 5.91 Å². The van der Waals surface area contributed by atoms with Gasteiger partial charge in [-0.1, -0.05) is 36.4 Å². The van der Waals surface area contributed by atoms with Gasteiger partial charge in [0.25, 0.3) is 0 Å². The van der Waals surface area contributed by atoms with E-state index in [1.807, 2.05) is 43.3 Å². The minimum absolute atomic E-state index is 0.0197. The SMILES string of the molecule is Cc1ccn2c(NC(=O)/C=C/c3ccccc3)c(-c3cccc(F)c3F)nc2c1. The van der Waals surface area contributed by atoms with Crippen LogP contribution in [0.15, 0.2) is 72.9 Å². The Hall–Kier alpha value is -3.80. The Kier molecular flexibility index (Phi) is 4.91. The Morgan fingerprint density at radius 1 is 1.07 bits per heavy atom. The molecule has 144 valence electrons. The molecule has 1 N–H and O–H groups in total. The molecule has 0 saturated carbocycles. The zero-order chi connectivity index (χ0) is 20.4. The molecule has 0 aliphatic carbocycles. The van der Waals surface area contributed by atoms with Gasteiger partial charge in [-0.3, -0.25) is 9.20 Å². The van der Waals surface area contributed by atoms with Crippen molar-refractivity contribution < 1.29 is 13.6 Å². The quantitative estimate of drug-likeness (QED) is 0.485. The third kappa shape index (κ3) is 3.78. The van der Waals surface area contributed by atoms with E-state index < -0.39 is 17.5 Å². The molecule has 0 aliphatic rings. The number of benzene rings is 2. The fourth-order valence-electron chi connectivity index (χ4n) is 3.03. The predicted molar refractivity (Wildman–Crippen MR) is 109 cm³/mol. The molecular weight excluding hydrogens is 372 g/mol. The number of halogens is 2. The molecule has 0 bridgehead atoms. The van der Waals surface area contributed by atoms with Crippen LogP contribution in [0.4, 0.5) is 14.6 Å². The van der Waals surface area contributed by atoms with Gasteiger partial charge in [0.05, 0.1) is 0 Å². The van der Waals surface area contributed by atoms with Crippen molar-refractivity contribution in [1.82, 2.24) is 9.38 Å². The highest BCUT2D eigenvalue weighted by Crippen LogP contribution is 2.31. The van der Waals surface area contributed by atoms with E-state index in [-0.39, 0.29) is 17.1 Å². The van der Waals surface area contributed by atoms with Gasteiger partial charge in [0, 0.05) is 17.8 Å². The molecule has 0 spiro atoms. The number of carbonyl (C=O) groups excluding carboxylic acids is 1. The zero-order valence-electron chi connectivity index (χ0n) is 15.6. The van der Waals surface area contributed by atoms with Gasteiger partial charge in [0.1, 0.15) is 17.2 Å². The van der Waals surface area contributed by atoms with E-state index in [0.29, 0.717) is 5.65 Å². The highest BCUT2D eigenvalue weighted by Gasteiger charge is 2.20. The van der Waals surface area contributed by atoms with Gasteiger partial charge in [-0.15, -0.1) is 0 Å². The summed E-state index contributed by atoms with van der Waals surface area (Å²) in [6, 6.07) is 16.9. The molecule has 2 aromatic carbocycles. The number of imidazole rings is 1. The van der Waals surface area contributed by atoms with Crippen molar-refractivity contribution in [1.29, 1.82) is 0 Å². The summed E-state index contributed by atoms with van der Waals surface area (Å²) in [5.74, 6) is -2.12. The van der Waals surface area contributed by atoms with Gasteiger partial charge < -0.3 is 5.32 Å². The van der Waals surface area contributed by atoms with Crippen LogP contribution in [0.1, 0.15) is 11.1 Å². The third-order valence-corrected chi connectivity index (χ3v) is 4.46. The molecule has 0 radical (unpaired) electrons. The van der Waals surface area contributed by atoms with Crippen LogP contribution in [0.25, 0.3) is 23.0 Å². The Morgan fingerprint density at radius 2 is 1.86 bits per heavy atom. The second-order valence-electron chi connectivity index (χ2n) is 6.58. The van der Waals surface area contributed by atoms with Crippen LogP contribution in [0.2, 0.25) is 0 Å². The number of hydrogen-bond acceptors (Lipinski definition) is 2. The number of hydrogen-bond donors (Lipinski definition) is 1. The summed E-state index contributed by atoms with van der Waals surface area (Å²) < 4.78 is 29.8. The lowest BCUT2D eigenvalue weighted by atomic mass is 10.1. The summed E-state index contributed by atoms with van der Waals surface area (Å²) in [5, 5.41) is 2.75. The minimum atomic E-state index is -1.01. The predicted octanol–water partition coefficient (Wildman–Crippen LogP) is 5.24. The second kappa shape index (κ2) is 7.67. The normalized spacial score (nSPS) is 11.3. The fraction of sp³-hybridized carbons (Fsp3) is 0.0435. The van der Waals surface area contributed by atoms with E-state index in [2.05, 4.69) is 10.3 Å². The lowest BCUT2D eigenvalue weighted by Crippen LogP contribution is -2.11. The van der Waals surface area contributed by atoms with Crippen molar-refractivity contribution in [3.63, 3.8) is 0 Å². The number of aromatic nitrogens is 2. The summed E-state index contributed by atoms with van der Waals surface area (Å²) >= 11 is 0. The molecule has 1 amide bonds. The summed E-state index contributed by atoms with van der Waals surface area (Å²) in [4.78, 5) is 17.0. The lowest BCUT2D eigenvalue weighted by Gasteiger charge is -2.07. The van der Waals surface area contributed by atoms with Crippen LogP contribution in [0.3, 0.4) is 0 Å². The number of anilines is 1. The highest BCUT2D eigenvalue weighted by molar-refractivity contribution is 6.03. The smallest absolute Gasteiger partial charge is 0.249 e. The molecule has 0 unspecified atom stereocenters. The highest BCUT2D eigenvalue weighted by atomic mass is 19.2. The molecule has 0 aliphatic heterocycles. The number of nitrogens with one attached hydrogen (secondary N) is 1. The number of aryl methyl sites for hydroxylation is 1. The van der Waals surface area contributed by atoms with Crippen molar-refractivity contribution in [3.05, 3.63) is 95.7 Å². The number of rotatable bonds is 4. The Morgan fingerprint density at radius 3 is 2.66 bits per heavy atom. The van der Waals surface area contributed by atoms with Crippen molar-refractivity contribution in [2.45, 2.75) is 6.92 Å². The molecule has 0 fully saturated rings. The maximum absolute atomic E-state index is 14.4. The summed E-state index contributed by atoms with van der Waals surface area (Å²) in [6.45, 7) is 1.90. The average Bonchev–Trinajstić information content (AvgIpc) is 3.06. The first-order valence-electron chi connectivity index (χ1n) is 9.00. The van der Waals surface area contributed by atoms with Crippen LogP contribution in [-0.2, 0) is 4.79 Å². The van der Waals surface area contributed by atoms with Crippen molar-refractivity contribution >= 4 is 23.4 Å². The first-order chi connectivity index (χ1) is 14.0. The maximum Gasteiger partial charge on any atom is 0.249 e. The molecule has 6 heteroatoms. The van der Waals surface area contributed by atoms with Crippen molar-refractivity contribution in [2.75, 3.05) is 5.32 Å². The van der Waals surface area contributed by atoms with Crippen molar-refractivity contribution in [2.24, 2.45) is 0 Å². The van der Waals surface area contributed by atoms with E-state index >= 15 is 0 Å². The van der Waals surface area contributed by atoms with Crippen LogP contribution < -0.4 is 5.32 Å². The van der Waals surface area contributed by atoms with E-state index in [9.17, 15) is 13.6 Å². The molecule has 29 heavy (non-hydrogen) atoms. The first kappa shape index (κ1) is 18.6. The molecule has 4 aromatic rings. The summed E-state index contributed by atoms with van der Waals surface area (Å²) in [7, 11) is 0. The van der Waals surface area contributed by atoms with E-state index in [0.717, 1.165) is 17.2 Å². The number of amides is 1. The third-order valence-electron chi connectivity index (χ3n) is 4.46. The molecule has 4 rings (SSSR count). The fourth-order valence-corrected chi connectivity index (χ4v) is 3.03. The van der Waals surface area contributed by atoms with E-state index in [4.69, 9.17) is 0 Å². The largest absolute Gasteiger partial charge is 0.306 e. The van der Waals surface area contributed by atoms with Gasteiger partial charge in [0.15, 0.2) is 11.6 Å². The van der Waals surface area contributed by atoms with Gasteiger partial charge >= 0.3 is 0 Å². The lowest BCUT2D eigenvalue weighted by molar-refractivity contribution is -0.111. The van der Waals surface area contributed by atoms with Gasteiger partial charge in [-0.05, 0) is 48.4 Å². The minimum Gasteiger partial charge on any atom is -0.306 e. The van der Waals surface area contributed by atoms with Crippen LogP contribution in [0.5, 0.6) is 0 Å². The molecule has 0 saturated heterocycles. The molecule has 2 aromatic heterocycles.